The van der Waals surface area contributed by atoms with Crippen LogP contribution in [0, 0.1) is 18.8 Å². The van der Waals surface area contributed by atoms with Crippen LogP contribution in [0.5, 0.6) is 0 Å². The zero-order chi connectivity index (χ0) is 21.7. The number of nitrogens with one attached hydrogen (secondary N) is 1. The molecule has 2 N–H and O–H groups in total. The highest BCUT2D eigenvalue weighted by molar-refractivity contribution is 7.17. The second kappa shape index (κ2) is 9.89. The molecule has 6 nitrogen and oxygen atoms in total. The SMILES string of the molecule is CCCOC(=O)c1c(NC(=O)[C@H]2CCCC[C@H]2C(=O)O)sc(C)c1-c1ccccc1. The first-order valence-electron chi connectivity index (χ1n) is 10.3. The molecule has 3 rings (SSSR count). The van der Waals surface area contributed by atoms with E-state index in [2.05, 4.69) is 5.32 Å². The third kappa shape index (κ3) is 4.73. The van der Waals surface area contributed by atoms with Crippen LogP contribution in [0.1, 0.15) is 54.3 Å². The normalized spacial score (nSPS) is 18.6. The maximum Gasteiger partial charge on any atom is 0.341 e. The van der Waals surface area contributed by atoms with E-state index in [1.54, 1.807) is 0 Å². The molecule has 1 aromatic heterocycles. The molecule has 7 heteroatoms. The number of anilines is 1. The number of carboxylic acids is 1. The lowest BCUT2D eigenvalue weighted by Crippen LogP contribution is -2.36. The van der Waals surface area contributed by atoms with Gasteiger partial charge in [-0.1, -0.05) is 50.1 Å². The van der Waals surface area contributed by atoms with Crippen LogP contribution in [-0.2, 0) is 14.3 Å². The summed E-state index contributed by atoms with van der Waals surface area (Å²) < 4.78 is 5.40. The third-order valence-electron chi connectivity index (χ3n) is 5.44. The fourth-order valence-corrected chi connectivity index (χ4v) is 5.06. The van der Waals surface area contributed by atoms with E-state index in [1.807, 2.05) is 44.2 Å². The molecule has 0 bridgehead atoms. The summed E-state index contributed by atoms with van der Waals surface area (Å²) in [4.78, 5) is 38.4. The number of esters is 1. The number of amides is 1. The molecule has 1 aliphatic rings. The number of ether oxygens (including phenoxy) is 1. The molecule has 0 spiro atoms. The molecule has 2 atom stereocenters. The Kier molecular flexibility index (Phi) is 7.26. The van der Waals surface area contributed by atoms with Crippen LogP contribution >= 0.6 is 11.3 Å². The monoisotopic (exact) mass is 429 g/mol. The minimum atomic E-state index is -0.940. The van der Waals surface area contributed by atoms with E-state index < -0.39 is 23.8 Å². The van der Waals surface area contributed by atoms with Gasteiger partial charge in [-0.2, -0.15) is 0 Å². The van der Waals surface area contributed by atoms with Crippen molar-refractivity contribution in [3.05, 3.63) is 40.8 Å². The van der Waals surface area contributed by atoms with Gasteiger partial charge < -0.3 is 15.2 Å². The van der Waals surface area contributed by atoms with Crippen molar-refractivity contribution in [1.29, 1.82) is 0 Å². The standard InChI is InChI=1S/C23H27NO5S/c1-3-13-29-23(28)19-18(15-9-5-4-6-10-15)14(2)30-21(19)24-20(25)16-11-7-8-12-17(16)22(26)27/h4-6,9-10,16-17H,3,7-8,11-13H2,1-2H3,(H,24,25)(H,26,27)/t16-,17+/m0/s1. The van der Waals surface area contributed by atoms with Crippen LogP contribution in [-0.4, -0.2) is 29.6 Å². The number of hydrogen-bond donors (Lipinski definition) is 2. The maximum atomic E-state index is 13.0. The number of hydrogen-bond acceptors (Lipinski definition) is 5. The average molecular weight is 430 g/mol. The quantitative estimate of drug-likeness (QED) is 0.596. The largest absolute Gasteiger partial charge is 0.481 e. The van der Waals surface area contributed by atoms with Gasteiger partial charge in [-0.05, 0) is 31.7 Å². The Morgan fingerprint density at radius 2 is 1.80 bits per heavy atom. The van der Waals surface area contributed by atoms with Crippen LogP contribution in [0.2, 0.25) is 0 Å². The number of carbonyl (C=O) groups is 3. The first-order chi connectivity index (χ1) is 14.4. The highest BCUT2D eigenvalue weighted by Crippen LogP contribution is 2.41. The minimum absolute atomic E-state index is 0.291. The molecule has 0 radical (unpaired) electrons. The number of thiophene rings is 1. The zero-order valence-corrected chi connectivity index (χ0v) is 18.1. The predicted octanol–water partition coefficient (Wildman–Crippen LogP) is 5.12. The Morgan fingerprint density at radius 3 is 2.43 bits per heavy atom. The molecule has 0 unspecified atom stereocenters. The number of carbonyl (C=O) groups excluding carboxylic acids is 2. The number of rotatable bonds is 7. The van der Waals surface area contributed by atoms with Gasteiger partial charge in [-0.3, -0.25) is 9.59 Å². The van der Waals surface area contributed by atoms with E-state index in [9.17, 15) is 19.5 Å². The van der Waals surface area contributed by atoms with Gasteiger partial charge in [0.15, 0.2) is 0 Å². The first-order valence-corrected chi connectivity index (χ1v) is 11.1. The molecule has 0 saturated heterocycles. The van der Waals surface area contributed by atoms with E-state index in [4.69, 9.17) is 4.74 Å². The van der Waals surface area contributed by atoms with Crippen molar-refractivity contribution in [1.82, 2.24) is 0 Å². The fourth-order valence-electron chi connectivity index (χ4n) is 3.99. The zero-order valence-electron chi connectivity index (χ0n) is 17.3. The fraction of sp³-hybridized carbons (Fsp3) is 0.435. The summed E-state index contributed by atoms with van der Waals surface area (Å²) in [5, 5.41) is 12.8. The highest BCUT2D eigenvalue weighted by atomic mass is 32.1. The van der Waals surface area contributed by atoms with E-state index in [-0.39, 0.29) is 5.91 Å². The number of aryl methyl sites for hydroxylation is 1. The van der Waals surface area contributed by atoms with E-state index in [0.717, 1.165) is 28.8 Å². The van der Waals surface area contributed by atoms with Crippen molar-refractivity contribution in [2.24, 2.45) is 11.8 Å². The highest BCUT2D eigenvalue weighted by Gasteiger charge is 2.37. The van der Waals surface area contributed by atoms with Crippen LogP contribution in [0.4, 0.5) is 5.00 Å². The summed E-state index contributed by atoms with van der Waals surface area (Å²) in [6.45, 7) is 4.11. The van der Waals surface area contributed by atoms with E-state index in [1.165, 1.54) is 11.3 Å². The van der Waals surface area contributed by atoms with Gasteiger partial charge in [0.25, 0.3) is 0 Å². The Balaban J connectivity index is 1.96. The maximum absolute atomic E-state index is 13.0. The summed E-state index contributed by atoms with van der Waals surface area (Å²) in [5.41, 5.74) is 1.96. The lowest BCUT2D eigenvalue weighted by Gasteiger charge is -2.27. The summed E-state index contributed by atoms with van der Waals surface area (Å²) in [5.74, 6) is -3.05. The van der Waals surface area contributed by atoms with Crippen LogP contribution in [0.25, 0.3) is 11.1 Å². The molecule has 1 fully saturated rings. The molecule has 1 aromatic carbocycles. The summed E-state index contributed by atoms with van der Waals surface area (Å²) in [6.07, 6.45) is 3.36. The second-order valence-electron chi connectivity index (χ2n) is 7.56. The Morgan fingerprint density at radius 1 is 1.13 bits per heavy atom. The lowest BCUT2D eigenvalue weighted by molar-refractivity contribution is -0.147. The molecule has 0 aliphatic heterocycles. The summed E-state index contributed by atoms with van der Waals surface area (Å²) in [6, 6.07) is 9.52. The molecule has 160 valence electrons. The lowest BCUT2D eigenvalue weighted by atomic mass is 9.78. The molecule has 30 heavy (non-hydrogen) atoms. The smallest absolute Gasteiger partial charge is 0.341 e. The predicted molar refractivity (Wildman–Crippen MR) is 117 cm³/mol. The Bertz CT molecular complexity index is 921. The van der Waals surface area contributed by atoms with Crippen molar-refractivity contribution in [3.8, 4) is 11.1 Å². The van der Waals surface area contributed by atoms with Crippen molar-refractivity contribution < 1.29 is 24.2 Å². The summed E-state index contributed by atoms with van der Waals surface area (Å²) >= 11 is 1.32. The third-order valence-corrected chi connectivity index (χ3v) is 6.47. The van der Waals surface area contributed by atoms with Crippen molar-refractivity contribution >= 4 is 34.2 Å². The Labute approximate surface area is 180 Å². The molecular formula is C23H27NO5S. The van der Waals surface area contributed by atoms with Gasteiger partial charge in [-0.15, -0.1) is 11.3 Å². The molecule has 1 amide bonds. The molecule has 2 aromatic rings. The number of carboxylic acid groups (broad SMARTS) is 1. The van der Waals surface area contributed by atoms with Crippen molar-refractivity contribution in [2.75, 3.05) is 11.9 Å². The van der Waals surface area contributed by atoms with Gasteiger partial charge in [0.1, 0.15) is 10.6 Å². The van der Waals surface area contributed by atoms with Crippen LogP contribution < -0.4 is 5.32 Å². The number of aliphatic carboxylic acids is 1. The molecule has 1 aliphatic carbocycles. The van der Waals surface area contributed by atoms with E-state index >= 15 is 0 Å². The molecule has 1 heterocycles. The topological polar surface area (TPSA) is 92.7 Å². The van der Waals surface area contributed by atoms with Crippen molar-refractivity contribution in [3.63, 3.8) is 0 Å². The van der Waals surface area contributed by atoms with Gasteiger partial charge in [0.2, 0.25) is 5.91 Å². The van der Waals surface area contributed by atoms with E-state index in [0.29, 0.717) is 36.4 Å². The first kappa shape index (κ1) is 22.0. The van der Waals surface area contributed by atoms with Crippen molar-refractivity contribution in [2.45, 2.75) is 46.0 Å². The van der Waals surface area contributed by atoms with Gasteiger partial charge in [0.05, 0.1) is 18.4 Å². The van der Waals surface area contributed by atoms with Crippen LogP contribution in [0.15, 0.2) is 30.3 Å². The molecule has 1 saturated carbocycles. The number of benzene rings is 1. The molecular weight excluding hydrogens is 402 g/mol. The summed E-state index contributed by atoms with van der Waals surface area (Å²) in [7, 11) is 0. The average Bonchev–Trinajstić information content (AvgIpc) is 3.08. The van der Waals surface area contributed by atoms with Gasteiger partial charge >= 0.3 is 11.9 Å². The van der Waals surface area contributed by atoms with Gasteiger partial charge in [-0.25, -0.2) is 4.79 Å². The van der Waals surface area contributed by atoms with Gasteiger partial charge in [0, 0.05) is 10.4 Å². The van der Waals surface area contributed by atoms with Crippen LogP contribution in [0.3, 0.4) is 0 Å². The Hall–Kier alpha value is -2.67. The second-order valence-corrected chi connectivity index (χ2v) is 8.79. The minimum Gasteiger partial charge on any atom is -0.481 e.